The van der Waals surface area contributed by atoms with E-state index in [-0.39, 0.29) is 34.2 Å². The predicted molar refractivity (Wildman–Crippen MR) is 122 cm³/mol. The van der Waals surface area contributed by atoms with Crippen molar-refractivity contribution in [3.8, 4) is 5.75 Å². The van der Waals surface area contributed by atoms with E-state index in [0.29, 0.717) is 19.3 Å². The molecule has 4 saturated carbocycles. The highest BCUT2D eigenvalue weighted by atomic mass is 35.5. The first kappa shape index (κ1) is 24.8. The number of amides is 2. The van der Waals surface area contributed by atoms with Gasteiger partial charge in [-0.1, -0.05) is 11.6 Å². The van der Waals surface area contributed by atoms with Crippen molar-refractivity contribution in [3.05, 3.63) is 58.6 Å². The first-order valence-corrected chi connectivity index (χ1v) is 11.8. The molecule has 4 fully saturated rings. The number of aliphatic hydroxyl groups is 1. The van der Waals surface area contributed by atoms with Crippen molar-refractivity contribution in [2.24, 2.45) is 0 Å². The lowest BCUT2D eigenvalue weighted by atomic mass is 9.44. The van der Waals surface area contributed by atoms with Crippen molar-refractivity contribution in [2.75, 3.05) is 6.61 Å². The normalized spacial score (nSPS) is 26.6. The van der Waals surface area contributed by atoms with E-state index in [2.05, 4.69) is 20.9 Å². The molecule has 1 aromatic heterocycles. The molecule has 0 saturated heterocycles. The number of carbonyl (C=O) groups is 2. The minimum Gasteiger partial charge on any atom is -0.489 e. The lowest BCUT2D eigenvalue weighted by molar-refractivity contribution is -0.127. The lowest BCUT2D eigenvalue weighted by Gasteiger charge is -2.71. The number of carbonyl (C=O) groups excluding carboxylic acids is 2. The average Bonchev–Trinajstić information content (AvgIpc) is 2.76. The number of nitrogens with one attached hydrogen (secondary N) is 3. The molecule has 1 unspecified atom stereocenters. The predicted octanol–water partition coefficient (Wildman–Crippen LogP) is 2.79. The number of ether oxygens (including phenoxy) is 1. The van der Waals surface area contributed by atoms with Gasteiger partial charge in [-0.3, -0.25) is 19.9 Å². The van der Waals surface area contributed by atoms with E-state index in [9.17, 15) is 27.9 Å². The van der Waals surface area contributed by atoms with Crippen molar-refractivity contribution in [1.82, 2.24) is 20.9 Å². The number of alkyl halides is 2. The number of hydrogen-bond acceptors (Lipinski definition) is 6. The van der Waals surface area contributed by atoms with Gasteiger partial charge in [0.2, 0.25) is 0 Å². The summed E-state index contributed by atoms with van der Waals surface area (Å²) < 4.78 is 44.9. The average molecular weight is 525 g/mol. The summed E-state index contributed by atoms with van der Waals surface area (Å²) in [6, 6.07) is 6.18. The highest BCUT2D eigenvalue weighted by Gasteiger charge is 2.69. The number of benzene rings is 1. The van der Waals surface area contributed by atoms with Crippen molar-refractivity contribution in [3.63, 3.8) is 0 Å². The van der Waals surface area contributed by atoms with Gasteiger partial charge in [0.15, 0.2) is 0 Å². The number of hydrogen-bond donors (Lipinski definition) is 4. The molecule has 1 atom stereocenters. The number of rotatable bonds is 9. The summed E-state index contributed by atoms with van der Waals surface area (Å²) in [7, 11) is 0. The second kappa shape index (κ2) is 8.89. The van der Waals surface area contributed by atoms with Crippen molar-refractivity contribution in [2.45, 2.75) is 61.4 Å². The van der Waals surface area contributed by atoms with Crippen LogP contribution in [0.15, 0.2) is 36.5 Å². The molecule has 36 heavy (non-hydrogen) atoms. The second-order valence-corrected chi connectivity index (χ2v) is 10.4. The van der Waals surface area contributed by atoms with E-state index in [1.807, 2.05) is 0 Å². The molecule has 1 heterocycles. The third-order valence-corrected chi connectivity index (χ3v) is 7.17. The zero-order chi connectivity index (χ0) is 25.7. The van der Waals surface area contributed by atoms with Crippen LogP contribution in [0.3, 0.4) is 0 Å². The maximum Gasteiger partial charge on any atom is 0.270 e. The summed E-state index contributed by atoms with van der Waals surface area (Å²) in [6.45, 7) is -0.0978. The Kier molecular flexibility index (Phi) is 6.12. The Hall–Kier alpha value is -2.89. The van der Waals surface area contributed by atoms with Gasteiger partial charge in [-0.05, 0) is 43.5 Å². The molecular weight excluding hydrogens is 501 g/mol. The quantitative estimate of drug-likeness (QED) is 0.375. The molecule has 12 heteroatoms. The fourth-order valence-electron chi connectivity index (χ4n) is 5.24. The van der Waals surface area contributed by atoms with Crippen molar-refractivity contribution < 1.29 is 32.6 Å². The molecule has 2 bridgehead atoms. The summed E-state index contributed by atoms with van der Waals surface area (Å²) in [5.41, 5.74) is -0.537. The van der Waals surface area contributed by atoms with Crippen LogP contribution >= 0.6 is 11.6 Å². The van der Waals surface area contributed by atoms with Gasteiger partial charge in [0.1, 0.15) is 30.1 Å². The molecule has 2 aromatic rings. The van der Waals surface area contributed by atoms with Crippen LogP contribution in [0.2, 0.25) is 5.02 Å². The number of pyridine rings is 1. The summed E-state index contributed by atoms with van der Waals surface area (Å²) in [4.78, 5) is 29.1. The third-order valence-electron chi connectivity index (χ3n) is 6.86. The van der Waals surface area contributed by atoms with E-state index in [0.717, 1.165) is 6.07 Å². The molecule has 6 rings (SSSR count). The fourth-order valence-corrected chi connectivity index (χ4v) is 5.36. The Balaban J connectivity index is 1.08. The van der Waals surface area contributed by atoms with Gasteiger partial charge in [-0.15, -0.1) is 0 Å². The van der Waals surface area contributed by atoms with Crippen LogP contribution in [0.4, 0.5) is 13.2 Å². The molecule has 4 N–H and O–H groups in total. The largest absolute Gasteiger partial charge is 0.489 e. The Morgan fingerprint density at radius 2 is 1.86 bits per heavy atom. The maximum absolute atomic E-state index is 13.5. The Labute approximate surface area is 209 Å². The highest BCUT2D eigenvalue weighted by Crippen LogP contribution is 2.60. The number of aromatic nitrogens is 1. The van der Waals surface area contributed by atoms with Gasteiger partial charge < -0.3 is 20.5 Å². The second-order valence-electron chi connectivity index (χ2n) is 9.96. The van der Waals surface area contributed by atoms with Gasteiger partial charge >= 0.3 is 0 Å². The lowest BCUT2D eigenvalue weighted by Crippen LogP contribution is -2.84. The van der Waals surface area contributed by atoms with Gasteiger partial charge in [0.25, 0.3) is 17.7 Å². The monoisotopic (exact) mass is 524 g/mol. The summed E-state index contributed by atoms with van der Waals surface area (Å²) in [6.07, 6.45) is 1.32. The summed E-state index contributed by atoms with van der Waals surface area (Å²) in [5.74, 6) is -4.08. The van der Waals surface area contributed by atoms with E-state index in [1.54, 1.807) is 0 Å². The first-order chi connectivity index (χ1) is 17.0. The molecular formula is C24H24ClF3N4O4. The minimum absolute atomic E-state index is 0.0200. The SMILES string of the molecule is O=C(NC1CC(F)(F)C1)c1ccnc(C(=O)NC23CC(NC(O)COc4ccc(Cl)c(F)c4)(C2)C3)c1. The molecule has 2 amide bonds. The molecule has 4 aliphatic carbocycles. The van der Waals surface area contributed by atoms with Crippen LogP contribution in [0.25, 0.3) is 0 Å². The van der Waals surface area contributed by atoms with Gasteiger partial charge in [0.05, 0.1) is 5.02 Å². The topological polar surface area (TPSA) is 113 Å². The van der Waals surface area contributed by atoms with Gasteiger partial charge in [-0.2, -0.15) is 0 Å². The first-order valence-electron chi connectivity index (χ1n) is 11.5. The molecule has 1 aromatic carbocycles. The van der Waals surface area contributed by atoms with Crippen LogP contribution < -0.4 is 20.7 Å². The van der Waals surface area contributed by atoms with Gasteiger partial charge in [0, 0.05) is 47.8 Å². The Bertz CT molecular complexity index is 1190. The fraction of sp³-hybridized carbons (Fsp3) is 0.458. The number of nitrogens with zero attached hydrogens (tertiary/aromatic N) is 1. The summed E-state index contributed by atoms with van der Waals surface area (Å²) in [5, 5.41) is 18.8. The molecule has 8 nitrogen and oxygen atoms in total. The molecule has 4 aliphatic rings. The minimum atomic E-state index is -2.74. The van der Waals surface area contributed by atoms with Crippen molar-refractivity contribution in [1.29, 1.82) is 0 Å². The number of halogens is 4. The highest BCUT2D eigenvalue weighted by molar-refractivity contribution is 6.30. The third kappa shape index (κ3) is 5.00. The standard InChI is InChI=1S/C24H24ClF3N4O4/c25-16-2-1-15(6-17(16)26)36-9-19(33)31-22-10-23(11-22,12-22)32-21(35)18-5-13(3-4-29-18)20(34)30-14-7-24(27,28)8-14/h1-6,14,19,31,33H,7-12H2,(H,30,34)(H,32,35). The van der Waals surface area contributed by atoms with E-state index in [4.69, 9.17) is 16.3 Å². The van der Waals surface area contributed by atoms with Crippen LogP contribution in [0.5, 0.6) is 5.75 Å². The zero-order valence-electron chi connectivity index (χ0n) is 19.0. The van der Waals surface area contributed by atoms with Crippen molar-refractivity contribution >= 4 is 23.4 Å². The van der Waals surface area contributed by atoms with Crippen LogP contribution in [0.1, 0.15) is 53.0 Å². The Morgan fingerprint density at radius 3 is 2.53 bits per heavy atom. The van der Waals surface area contributed by atoms with Crippen LogP contribution in [0, 0.1) is 5.82 Å². The van der Waals surface area contributed by atoms with E-state index >= 15 is 0 Å². The van der Waals surface area contributed by atoms with E-state index < -0.39 is 54.2 Å². The van der Waals surface area contributed by atoms with Gasteiger partial charge in [-0.25, -0.2) is 13.2 Å². The zero-order valence-corrected chi connectivity index (χ0v) is 19.7. The summed E-state index contributed by atoms with van der Waals surface area (Å²) >= 11 is 5.64. The molecule has 0 aliphatic heterocycles. The maximum atomic E-state index is 13.5. The van der Waals surface area contributed by atoms with E-state index in [1.165, 1.54) is 30.5 Å². The molecule has 192 valence electrons. The smallest absolute Gasteiger partial charge is 0.270 e. The molecule has 0 radical (unpaired) electrons. The Morgan fingerprint density at radius 1 is 1.14 bits per heavy atom. The van der Waals surface area contributed by atoms with Crippen LogP contribution in [-0.2, 0) is 0 Å². The van der Waals surface area contributed by atoms with Crippen LogP contribution in [-0.4, -0.2) is 57.8 Å². The molecule has 0 spiro atoms. The number of aliphatic hydroxyl groups excluding tert-OH is 1.